The van der Waals surface area contributed by atoms with Crippen molar-refractivity contribution in [2.24, 2.45) is 21.5 Å². The molecule has 2 heterocycles. The van der Waals surface area contributed by atoms with Crippen molar-refractivity contribution in [2.45, 2.75) is 30.9 Å². The predicted molar refractivity (Wildman–Crippen MR) is 92.3 cm³/mol. The van der Waals surface area contributed by atoms with Crippen molar-refractivity contribution in [3.05, 3.63) is 23.3 Å². The summed E-state index contributed by atoms with van der Waals surface area (Å²) in [4.78, 5) is 31.1. The van der Waals surface area contributed by atoms with Gasteiger partial charge in [-0.15, -0.1) is 11.6 Å². The Kier molecular flexibility index (Phi) is 5.93. The molecule has 7 N–H and O–H groups in total. The highest BCUT2D eigenvalue weighted by Crippen LogP contribution is 2.11. The van der Waals surface area contributed by atoms with Gasteiger partial charge in [-0.3, -0.25) is 19.9 Å². The Hall–Kier alpha value is -2.39. The number of hydrogen-bond acceptors (Lipinski definition) is 7. The quantitative estimate of drug-likeness (QED) is 0.359. The molecule has 3 atom stereocenters. The molecule has 0 fully saturated rings. The van der Waals surface area contributed by atoms with E-state index in [4.69, 9.17) is 23.1 Å². The van der Waals surface area contributed by atoms with Gasteiger partial charge in [0.2, 0.25) is 5.91 Å². The van der Waals surface area contributed by atoms with E-state index in [1.54, 1.807) is 12.3 Å². The van der Waals surface area contributed by atoms with Gasteiger partial charge in [0.25, 0.3) is 5.91 Å². The highest BCUT2D eigenvalue weighted by atomic mass is 35.5. The average molecular weight is 354 g/mol. The molecule has 2 rings (SSSR count). The first-order chi connectivity index (χ1) is 11.4. The second kappa shape index (κ2) is 7.93. The lowest BCUT2D eigenvalue weighted by Crippen LogP contribution is -2.55. The van der Waals surface area contributed by atoms with Crippen LogP contribution in [0.15, 0.2) is 33.3 Å². The van der Waals surface area contributed by atoms with E-state index in [1.807, 2.05) is 6.92 Å². The third-order valence-electron chi connectivity index (χ3n) is 3.40. The summed E-state index contributed by atoms with van der Waals surface area (Å²) in [5.41, 5.74) is 11.3. The molecule has 2 aliphatic rings. The molecule has 0 saturated heterocycles. The number of dihydropyridines is 1. The summed E-state index contributed by atoms with van der Waals surface area (Å²) in [7, 11) is 0. The Morgan fingerprint density at radius 2 is 2.25 bits per heavy atom. The number of aliphatic imine (C=N–C) groups is 2. The van der Waals surface area contributed by atoms with Gasteiger partial charge in [-0.1, -0.05) is 6.92 Å². The van der Waals surface area contributed by atoms with Gasteiger partial charge in [-0.2, -0.15) is 0 Å². The lowest BCUT2D eigenvalue weighted by molar-refractivity contribution is -0.120. The first-order valence-corrected chi connectivity index (χ1v) is 7.87. The van der Waals surface area contributed by atoms with Gasteiger partial charge in [0.1, 0.15) is 12.0 Å². The topological polar surface area (TPSA) is 147 Å². The fourth-order valence-corrected chi connectivity index (χ4v) is 2.44. The zero-order valence-electron chi connectivity index (χ0n) is 13.1. The van der Waals surface area contributed by atoms with Gasteiger partial charge in [0.15, 0.2) is 5.70 Å². The van der Waals surface area contributed by atoms with Gasteiger partial charge in [0.05, 0.1) is 23.7 Å². The van der Waals surface area contributed by atoms with Crippen LogP contribution in [0, 0.1) is 0 Å². The third-order valence-corrected chi connectivity index (χ3v) is 3.66. The number of primary amides is 2. The number of halogens is 1. The number of allylic oxidation sites excluding steroid dienone is 1. The van der Waals surface area contributed by atoms with E-state index < -0.39 is 24.0 Å². The Balaban J connectivity index is 2.15. The smallest absolute Gasteiger partial charge is 0.271 e. The minimum Gasteiger partial charge on any atom is -0.368 e. The molecule has 10 heteroatoms. The maximum absolute atomic E-state index is 11.6. The van der Waals surface area contributed by atoms with E-state index in [-0.39, 0.29) is 11.1 Å². The summed E-state index contributed by atoms with van der Waals surface area (Å²) in [5.74, 6) is -0.873. The van der Waals surface area contributed by atoms with Crippen LogP contribution in [0.3, 0.4) is 0 Å². The highest BCUT2D eigenvalue weighted by molar-refractivity contribution is 6.22. The van der Waals surface area contributed by atoms with Crippen molar-refractivity contribution in [3.8, 4) is 0 Å². The zero-order chi connectivity index (χ0) is 17.7. The Labute approximate surface area is 144 Å². The van der Waals surface area contributed by atoms with Crippen LogP contribution in [0.1, 0.15) is 13.3 Å². The van der Waals surface area contributed by atoms with E-state index >= 15 is 0 Å². The summed E-state index contributed by atoms with van der Waals surface area (Å²) < 4.78 is 0. The maximum atomic E-state index is 11.6. The summed E-state index contributed by atoms with van der Waals surface area (Å²) >= 11 is 6.03. The van der Waals surface area contributed by atoms with Gasteiger partial charge >= 0.3 is 0 Å². The van der Waals surface area contributed by atoms with Gasteiger partial charge in [-0.25, -0.2) is 4.99 Å². The van der Waals surface area contributed by atoms with Crippen LogP contribution in [-0.2, 0) is 9.59 Å². The number of nitrogens with two attached hydrogens (primary N) is 2. The van der Waals surface area contributed by atoms with Crippen LogP contribution in [0.5, 0.6) is 0 Å². The largest absolute Gasteiger partial charge is 0.368 e. The van der Waals surface area contributed by atoms with Crippen LogP contribution in [0.2, 0.25) is 0 Å². The monoisotopic (exact) mass is 353 g/mol. The molecule has 0 spiro atoms. The lowest BCUT2D eigenvalue weighted by Gasteiger charge is -2.28. The van der Waals surface area contributed by atoms with Crippen LogP contribution in [0.4, 0.5) is 0 Å². The van der Waals surface area contributed by atoms with Crippen molar-refractivity contribution in [1.82, 2.24) is 16.0 Å². The van der Waals surface area contributed by atoms with E-state index in [9.17, 15) is 9.59 Å². The van der Waals surface area contributed by atoms with E-state index in [1.165, 1.54) is 6.21 Å². The number of rotatable bonds is 7. The minimum absolute atomic E-state index is 0.0335. The van der Waals surface area contributed by atoms with E-state index in [0.717, 1.165) is 0 Å². The van der Waals surface area contributed by atoms with Crippen LogP contribution < -0.4 is 27.4 Å². The van der Waals surface area contributed by atoms with Crippen molar-refractivity contribution in [1.29, 1.82) is 0 Å². The maximum Gasteiger partial charge on any atom is 0.271 e. The number of amides is 2. The number of alkyl halides is 1. The second-order valence-corrected chi connectivity index (χ2v) is 5.84. The first-order valence-electron chi connectivity index (χ1n) is 7.43. The molecule has 0 radical (unpaired) electrons. The van der Waals surface area contributed by atoms with Gasteiger partial charge in [-0.05, 0) is 12.5 Å². The predicted octanol–water partition coefficient (Wildman–Crippen LogP) is -1.34. The number of carbonyl (C=O) groups excluding carboxylic acids is 2. The molecule has 2 aliphatic heterocycles. The molecule has 0 aromatic rings. The number of hydrogen-bond donors (Lipinski definition) is 5. The van der Waals surface area contributed by atoms with Crippen LogP contribution >= 0.6 is 11.6 Å². The zero-order valence-corrected chi connectivity index (χ0v) is 13.9. The summed E-state index contributed by atoms with van der Waals surface area (Å²) in [6.45, 7) is 2.32. The third kappa shape index (κ3) is 4.56. The average Bonchev–Trinajstić information content (AvgIpc) is 2.52. The fourth-order valence-electron chi connectivity index (χ4n) is 2.22. The van der Waals surface area contributed by atoms with Crippen LogP contribution in [-0.4, -0.2) is 48.4 Å². The molecule has 24 heavy (non-hydrogen) atoms. The molecule has 0 saturated carbocycles. The number of nitrogens with one attached hydrogen (secondary N) is 3. The minimum atomic E-state index is -0.697. The molecule has 0 bridgehead atoms. The van der Waals surface area contributed by atoms with Crippen molar-refractivity contribution >= 4 is 35.8 Å². The number of carbonyl (C=O) groups is 2. The lowest BCUT2D eigenvalue weighted by atomic mass is 10.2. The van der Waals surface area contributed by atoms with Crippen molar-refractivity contribution < 1.29 is 9.59 Å². The van der Waals surface area contributed by atoms with Crippen LogP contribution in [0.25, 0.3) is 0 Å². The number of nitrogens with zero attached hydrogens (tertiary/aromatic N) is 2. The Bertz CT molecular complexity index is 641. The molecule has 9 nitrogen and oxygen atoms in total. The highest BCUT2D eigenvalue weighted by Gasteiger charge is 2.24. The molecule has 2 amide bonds. The molecule has 0 aromatic carbocycles. The molecule has 2 unspecified atom stereocenters. The first kappa shape index (κ1) is 18.0. The summed E-state index contributed by atoms with van der Waals surface area (Å²) in [5, 5.41) is 8.78. The fraction of sp³-hybridized carbons (Fsp3) is 0.429. The molecule has 130 valence electrons. The van der Waals surface area contributed by atoms with Crippen molar-refractivity contribution in [2.75, 3.05) is 6.54 Å². The Morgan fingerprint density at radius 1 is 1.50 bits per heavy atom. The second-order valence-electron chi connectivity index (χ2n) is 5.28. The SMILES string of the molecule is CC[C@@H](NC1C=NC(C(N)=O)=C(NC2=CC(Cl)CN=C2)N1)C(N)=O. The van der Waals surface area contributed by atoms with Crippen molar-refractivity contribution in [3.63, 3.8) is 0 Å². The van der Waals surface area contributed by atoms with Gasteiger partial charge in [0, 0.05) is 12.4 Å². The van der Waals surface area contributed by atoms with E-state index in [0.29, 0.717) is 24.5 Å². The Morgan fingerprint density at radius 3 is 2.83 bits per heavy atom. The van der Waals surface area contributed by atoms with Gasteiger partial charge < -0.3 is 22.1 Å². The molecule has 0 aromatic heterocycles. The normalized spacial score (nSPS) is 24.2. The molecular formula is C14H20ClN7O2. The molecular weight excluding hydrogens is 334 g/mol. The summed E-state index contributed by atoms with van der Waals surface area (Å²) in [6.07, 6.45) is 4.83. The van der Waals surface area contributed by atoms with E-state index in [2.05, 4.69) is 25.9 Å². The standard InChI is InChI=1S/C14H20ClN7O2/c1-2-9(12(16)23)21-10-6-19-11(13(17)24)14(22-10)20-8-3-7(15)4-18-5-8/h3,5-7,9-10,20-22H,2,4H2,1H3,(H2,16,23)(H2,17,24)/t7?,9-,10?/m1/s1. The summed E-state index contributed by atoms with van der Waals surface area (Å²) in [6, 6.07) is -0.534. The molecule has 0 aliphatic carbocycles.